The molecule has 1 atom stereocenters. The summed E-state index contributed by atoms with van der Waals surface area (Å²) in [6, 6.07) is 21.3. The van der Waals surface area contributed by atoms with Gasteiger partial charge in [0.15, 0.2) is 0 Å². The number of allylic oxidation sites excluding steroid dienone is 1. The number of aromatic nitrogens is 4. The van der Waals surface area contributed by atoms with E-state index in [4.69, 9.17) is 10.1 Å². The van der Waals surface area contributed by atoms with Gasteiger partial charge >= 0.3 is 0 Å². The molecule has 4 aromatic rings. The molecule has 7 nitrogen and oxygen atoms in total. The molecule has 170 valence electrons. The predicted molar refractivity (Wildman–Crippen MR) is 135 cm³/mol. The van der Waals surface area contributed by atoms with Gasteiger partial charge in [0.25, 0.3) is 5.91 Å². The summed E-state index contributed by atoms with van der Waals surface area (Å²) in [5, 5.41) is 11.8. The zero-order valence-corrected chi connectivity index (χ0v) is 19.7. The molecule has 1 aliphatic heterocycles. The van der Waals surface area contributed by atoms with Crippen LogP contribution in [0.3, 0.4) is 0 Å². The molecule has 0 fully saturated rings. The third-order valence-electron chi connectivity index (χ3n) is 5.70. The molecule has 0 unspecified atom stereocenters. The van der Waals surface area contributed by atoms with Crippen LogP contribution in [0.4, 0.5) is 11.6 Å². The Balaban J connectivity index is 1.49. The highest BCUT2D eigenvalue weighted by Gasteiger charge is 2.34. The van der Waals surface area contributed by atoms with E-state index in [1.807, 2.05) is 68.4 Å². The minimum absolute atomic E-state index is 0.180. The van der Waals surface area contributed by atoms with E-state index in [1.165, 1.54) is 5.56 Å². The molecule has 0 saturated heterocycles. The Hall–Kier alpha value is -3.91. The summed E-state index contributed by atoms with van der Waals surface area (Å²) in [5.74, 6) is 1.19. The number of hydrogen-bond acceptors (Lipinski definition) is 6. The summed E-state index contributed by atoms with van der Waals surface area (Å²) >= 11 is 1.57. The third kappa shape index (κ3) is 4.45. The van der Waals surface area contributed by atoms with Gasteiger partial charge in [0, 0.05) is 29.5 Å². The normalized spacial score (nSPS) is 14.9. The van der Waals surface area contributed by atoms with Crippen LogP contribution in [0.25, 0.3) is 0 Å². The molecule has 2 aromatic carbocycles. The molecule has 2 N–H and O–H groups in total. The number of nitrogens with one attached hydrogen (secondary N) is 2. The van der Waals surface area contributed by atoms with E-state index < -0.39 is 6.04 Å². The van der Waals surface area contributed by atoms with Crippen LogP contribution in [0, 0.1) is 6.92 Å². The first-order chi connectivity index (χ1) is 16.6. The lowest BCUT2D eigenvalue weighted by atomic mass is 9.95. The molecule has 1 aliphatic rings. The van der Waals surface area contributed by atoms with Crippen LogP contribution in [0.2, 0.25) is 0 Å². The molecular formula is C26H24N6OS. The number of rotatable bonds is 6. The first-order valence-electron chi connectivity index (χ1n) is 11.0. The van der Waals surface area contributed by atoms with Crippen molar-refractivity contribution in [1.82, 2.24) is 19.7 Å². The van der Waals surface area contributed by atoms with Crippen molar-refractivity contribution in [3.63, 3.8) is 0 Å². The second kappa shape index (κ2) is 9.52. The molecule has 1 amide bonds. The minimum Gasteiger partial charge on any atom is -0.328 e. The maximum atomic E-state index is 13.5. The van der Waals surface area contributed by atoms with E-state index in [2.05, 4.69) is 27.8 Å². The van der Waals surface area contributed by atoms with Crippen molar-refractivity contribution in [2.45, 2.75) is 30.8 Å². The van der Waals surface area contributed by atoms with Crippen molar-refractivity contribution >= 4 is 29.3 Å². The average molecular weight is 469 g/mol. The predicted octanol–water partition coefficient (Wildman–Crippen LogP) is 5.20. The van der Waals surface area contributed by atoms with Crippen molar-refractivity contribution in [1.29, 1.82) is 0 Å². The number of hydrogen-bond donors (Lipinski definition) is 2. The van der Waals surface area contributed by atoms with Crippen molar-refractivity contribution in [2.75, 3.05) is 10.6 Å². The van der Waals surface area contributed by atoms with Crippen LogP contribution in [-0.2, 0) is 10.5 Å². The van der Waals surface area contributed by atoms with Gasteiger partial charge in [-0.2, -0.15) is 4.98 Å². The van der Waals surface area contributed by atoms with Gasteiger partial charge in [-0.3, -0.25) is 9.78 Å². The quantitative estimate of drug-likeness (QED) is 0.378. The highest BCUT2D eigenvalue weighted by molar-refractivity contribution is 7.98. The standard InChI is InChI=1S/C26H24N6OS/c1-17-8-6-7-11-21(17)29-24(33)22-18(2)28-25-30-26(34-16-19-9-4-3-5-10-19)31-32(25)23(22)20-12-14-27-15-13-20/h3-15,23H,16H2,1-2H3,(H,29,33)(H,28,30,31)/t23-/m1/s1. The topological polar surface area (TPSA) is 84.7 Å². The fraction of sp³-hybridized carbons (Fsp3) is 0.154. The van der Waals surface area contributed by atoms with E-state index in [-0.39, 0.29) is 5.91 Å². The number of thioether (sulfide) groups is 1. The maximum absolute atomic E-state index is 13.5. The number of para-hydroxylation sites is 1. The van der Waals surface area contributed by atoms with Crippen molar-refractivity contribution in [3.05, 3.63) is 107 Å². The van der Waals surface area contributed by atoms with Gasteiger partial charge in [-0.1, -0.05) is 60.3 Å². The molecule has 34 heavy (non-hydrogen) atoms. The van der Waals surface area contributed by atoms with Gasteiger partial charge in [-0.25, -0.2) is 4.68 Å². The summed E-state index contributed by atoms with van der Waals surface area (Å²) in [6.07, 6.45) is 3.45. The zero-order chi connectivity index (χ0) is 23.5. The van der Waals surface area contributed by atoms with Crippen LogP contribution < -0.4 is 10.6 Å². The number of aryl methyl sites for hydroxylation is 1. The minimum atomic E-state index is -0.429. The Bertz CT molecular complexity index is 1350. The van der Waals surface area contributed by atoms with Crippen LogP contribution in [0.1, 0.15) is 29.7 Å². The Kier molecular flexibility index (Phi) is 6.14. The number of fused-ring (bicyclic) bond motifs is 1. The number of amides is 1. The molecule has 8 heteroatoms. The molecule has 0 bridgehead atoms. The molecule has 2 aromatic heterocycles. The molecule has 0 spiro atoms. The Morgan fingerprint density at radius 3 is 2.53 bits per heavy atom. The highest BCUT2D eigenvalue weighted by Crippen LogP contribution is 2.37. The van der Waals surface area contributed by atoms with Gasteiger partial charge in [-0.15, -0.1) is 5.10 Å². The Morgan fingerprint density at radius 1 is 1.03 bits per heavy atom. The average Bonchev–Trinajstić information content (AvgIpc) is 3.26. The molecule has 3 heterocycles. The largest absolute Gasteiger partial charge is 0.328 e. The van der Waals surface area contributed by atoms with Gasteiger partial charge in [0.05, 0.1) is 5.57 Å². The summed E-state index contributed by atoms with van der Waals surface area (Å²) < 4.78 is 1.79. The summed E-state index contributed by atoms with van der Waals surface area (Å²) in [4.78, 5) is 22.4. The lowest BCUT2D eigenvalue weighted by Gasteiger charge is -2.28. The van der Waals surface area contributed by atoms with Gasteiger partial charge in [-0.05, 0) is 48.7 Å². The second-order valence-electron chi connectivity index (χ2n) is 8.05. The number of carbonyl (C=O) groups excluding carboxylic acids is 1. The Labute approximate surface area is 202 Å². The van der Waals surface area contributed by atoms with Crippen LogP contribution >= 0.6 is 11.8 Å². The summed E-state index contributed by atoms with van der Waals surface area (Å²) in [7, 11) is 0. The van der Waals surface area contributed by atoms with Gasteiger partial charge in [0.2, 0.25) is 11.1 Å². The molecular weight excluding hydrogens is 444 g/mol. The van der Waals surface area contributed by atoms with Gasteiger partial charge in [0.1, 0.15) is 6.04 Å². The number of carbonyl (C=O) groups is 1. The summed E-state index contributed by atoms with van der Waals surface area (Å²) in [5.41, 5.74) is 5.23. The maximum Gasteiger partial charge on any atom is 0.255 e. The summed E-state index contributed by atoms with van der Waals surface area (Å²) in [6.45, 7) is 3.87. The van der Waals surface area contributed by atoms with E-state index in [1.54, 1.807) is 28.8 Å². The number of pyridine rings is 1. The van der Waals surface area contributed by atoms with Crippen LogP contribution in [0.15, 0.2) is 95.6 Å². The lowest BCUT2D eigenvalue weighted by Crippen LogP contribution is -2.31. The third-order valence-corrected chi connectivity index (χ3v) is 6.61. The van der Waals surface area contributed by atoms with Crippen LogP contribution in [-0.4, -0.2) is 25.7 Å². The van der Waals surface area contributed by atoms with E-state index in [9.17, 15) is 4.79 Å². The highest BCUT2D eigenvalue weighted by atomic mass is 32.2. The number of anilines is 2. The van der Waals surface area contributed by atoms with E-state index >= 15 is 0 Å². The monoisotopic (exact) mass is 468 g/mol. The first kappa shape index (κ1) is 21.9. The van der Waals surface area contributed by atoms with Crippen LogP contribution in [0.5, 0.6) is 0 Å². The molecule has 5 rings (SSSR count). The van der Waals surface area contributed by atoms with Crippen molar-refractivity contribution < 1.29 is 4.79 Å². The SMILES string of the molecule is CC1=C(C(=O)Nc2ccccc2C)[C@@H](c2ccncc2)n2nc(SCc3ccccc3)nc2N1. The molecule has 0 aliphatic carbocycles. The second-order valence-corrected chi connectivity index (χ2v) is 9.00. The van der Waals surface area contributed by atoms with Gasteiger partial charge < -0.3 is 10.6 Å². The smallest absolute Gasteiger partial charge is 0.255 e. The molecule has 0 radical (unpaired) electrons. The van der Waals surface area contributed by atoms with E-state index in [0.717, 1.165) is 28.3 Å². The fourth-order valence-electron chi connectivity index (χ4n) is 3.97. The number of benzene rings is 2. The lowest BCUT2D eigenvalue weighted by molar-refractivity contribution is -0.113. The Morgan fingerprint density at radius 2 is 1.76 bits per heavy atom. The van der Waals surface area contributed by atoms with E-state index in [0.29, 0.717) is 16.7 Å². The van der Waals surface area contributed by atoms with Crippen molar-refractivity contribution in [3.8, 4) is 0 Å². The fourth-order valence-corrected chi connectivity index (χ4v) is 4.75. The van der Waals surface area contributed by atoms with Crippen molar-refractivity contribution in [2.24, 2.45) is 0 Å². The molecule has 0 saturated carbocycles. The zero-order valence-electron chi connectivity index (χ0n) is 18.9. The number of nitrogens with zero attached hydrogens (tertiary/aromatic N) is 4. The first-order valence-corrected chi connectivity index (χ1v) is 12.0.